The average Bonchev–Trinajstić information content (AvgIpc) is 3.34. The minimum Gasteiger partial charge on any atom is -0.443 e. The number of hydrogen-bond acceptors (Lipinski definition) is 8. The highest BCUT2D eigenvalue weighted by atomic mass is 32.2. The fraction of sp³-hybridized carbons (Fsp3) is 0.385. The van der Waals surface area contributed by atoms with Gasteiger partial charge in [0.25, 0.3) is 0 Å². The van der Waals surface area contributed by atoms with Crippen LogP contribution in [0.4, 0.5) is 4.79 Å². The predicted molar refractivity (Wildman–Crippen MR) is 137 cm³/mol. The summed E-state index contributed by atoms with van der Waals surface area (Å²) in [6, 6.07) is 11.8. The predicted octanol–water partition coefficient (Wildman–Crippen LogP) is 3.85. The summed E-state index contributed by atoms with van der Waals surface area (Å²) in [6.45, 7) is 6.12. The van der Waals surface area contributed by atoms with Gasteiger partial charge in [0.1, 0.15) is 5.60 Å². The molecule has 0 bridgehead atoms. The number of hydrogen-bond donors (Lipinski definition) is 1. The number of nitrogens with one attached hydrogen (secondary N) is 1. The van der Waals surface area contributed by atoms with Gasteiger partial charge in [0.2, 0.25) is 5.78 Å². The Kier molecular flexibility index (Phi) is 6.72. The van der Waals surface area contributed by atoms with Crippen molar-refractivity contribution in [3.63, 3.8) is 0 Å². The van der Waals surface area contributed by atoms with Crippen LogP contribution >= 0.6 is 0 Å². The number of ether oxygens (including phenoxy) is 1. The van der Waals surface area contributed by atoms with Crippen LogP contribution < -0.4 is 9.50 Å². The van der Waals surface area contributed by atoms with Gasteiger partial charge >= 0.3 is 16.2 Å². The van der Waals surface area contributed by atoms with Gasteiger partial charge in [-0.25, -0.2) is 9.36 Å². The molecule has 0 amide bonds. The second-order valence-corrected chi connectivity index (χ2v) is 11.8. The molecule has 9 nitrogen and oxygen atoms in total. The van der Waals surface area contributed by atoms with Crippen LogP contribution in [0.5, 0.6) is 5.75 Å². The average molecular weight is 514 g/mol. The van der Waals surface area contributed by atoms with Gasteiger partial charge < -0.3 is 13.8 Å². The lowest BCUT2D eigenvalue weighted by Gasteiger charge is -2.21. The second kappa shape index (κ2) is 9.34. The summed E-state index contributed by atoms with van der Waals surface area (Å²) in [4.78, 5) is 29.1. The minimum absolute atomic E-state index is 0.0776. The van der Waals surface area contributed by atoms with Crippen molar-refractivity contribution in [3.8, 4) is 5.75 Å². The van der Waals surface area contributed by atoms with Gasteiger partial charge in [-0.15, -0.1) is 0 Å². The third-order valence-corrected chi connectivity index (χ3v) is 6.16. The molecule has 2 heterocycles. The van der Waals surface area contributed by atoms with Gasteiger partial charge in [0, 0.05) is 24.0 Å². The highest BCUT2D eigenvalue weighted by Gasteiger charge is 2.34. The Labute approximate surface area is 211 Å². The zero-order valence-electron chi connectivity index (χ0n) is 21.3. The van der Waals surface area contributed by atoms with E-state index in [4.69, 9.17) is 8.92 Å². The smallest absolute Gasteiger partial charge is 0.419 e. The van der Waals surface area contributed by atoms with Gasteiger partial charge in [-0.2, -0.15) is 8.42 Å². The van der Waals surface area contributed by atoms with Crippen LogP contribution in [0, 0.1) is 0 Å². The number of nitrogens with zero attached hydrogens (tertiary/aromatic N) is 2. The van der Waals surface area contributed by atoms with Crippen molar-refractivity contribution < 1.29 is 26.9 Å². The second-order valence-electron chi connectivity index (χ2n) is 10.2. The molecule has 0 spiro atoms. The molecule has 1 aliphatic heterocycles. The third-order valence-electron chi connectivity index (χ3n) is 5.69. The quantitative estimate of drug-likeness (QED) is 0.391. The standard InChI is InChI=1S/C26H31N3O6S/c1-26(2,3)34-25(31)29-20-12-11-17(15-28(4)5)24(35-36(6,32)33)19(20)13-21(29)23(30)22-18-10-8-7-9-16(18)14-27-22/h7-13,22,27H,14-15H2,1-6H3. The molecule has 3 aromatic rings. The fourth-order valence-electron chi connectivity index (χ4n) is 4.38. The summed E-state index contributed by atoms with van der Waals surface area (Å²) in [5, 5.41) is 3.55. The van der Waals surface area contributed by atoms with Crippen molar-refractivity contribution in [2.75, 3.05) is 20.4 Å². The highest BCUT2D eigenvalue weighted by molar-refractivity contribution is 7.86. The van der Waals surface area contributed by atoms with E-state index in [2.05, 4.69) is 5.32 Å². The summed E-state index contributed by atoms with van der Waals surface area (Å²) in [5.41, 5.74) is 2.02. The minimum atomic E-state index is -3.90. The molecule has 0 saturated heterocycles. The van der Waals surface area contributed by atoms with Crippen molar-refractivity contribution >= 4 is 32.9 Å². The van der Waals surface area contributed by atoms with E-state index in [1.54, 1.807) is 32.9 Å². The summed E-state index contributed by atoms with van der Waals surface area (Å²) in [6.07, 6.45) is 0.222. The van der Waals surface area contributed by atoms with Crippen molar-refractivity contribution in [2.45, 2.75) is 45.5 Å². The number of carbonyl (C=O) groups is 2. The number of Topliss-reactive ketones (excluding diaryl/α,β-unsaturated/α-hetero) is 1. The molecule has 1 aliphatic rings. The third kappa shape index (κ3) is 5.30. The van der Waals surface area contributed by atoms with Crippen LogP contribution in [-0.2, 0) is 27.9 Å². The zero-order valence-corrected chi connectivity index (χ0v) is 22.1. The Morgan fingerprint density at radius 1 is 1.14 bits per heavy atom. The highest BCUT2D eigenvalue weighted by Crippen LogP contribution is 2.37. The number of carbonyl (C=O) groups excluding carboxylic acids is 2. The molecule has 1 unspecified atom stereocenters. The van der Waals surface area contributed by atoms with Crippen molar-refractivity contribution in [2.24, 2.45) is 0 Å². The summed E-state index contributed by atoms with van der Waals surface area (Å²) in [5.74, 6) is -0.249. The maximum absolute atomic E-state index is 13.9. The first kappa shape index (κ1) is 25.9. The van der Waals surface area contributed by atoms with Gasteiger partial charge in [-0.05, 0) is 58.1 Å². The Morgan fingerprint density at radius 3 is 2.47 bits per heavy atom. The first-order chi connectivity index (χ1) is 16.7. The van der Waals surface area contributed by atoms with E-state index in [9.17, 15) is 18.0 Å². The lowest BCUT2D eigenvalue weighted by atomic mass is 10.00. The number of ketones is 1. The number of benzene rings is 2. The van der Waals surface area contributed by atoms with Gasteiger partial charge in [-0.1, -0.05) is 30.3 Å². The van der Waals surface area contributed by atoms with E-state index in [0.717, 1.165) is 17.4 Å². The van der Waals surface area contributed by atoms with Crippen LogP contribution in [0.15, 0.2) is 42.5 Å². The molecule has 0 saturated carbocycles. The van der Waals surface area contributed by atoms with Gasteiger partial charge in [0.15, 0.2) is 5.75 Å². The van der Waals surface area contributed by atoms with Crippen LogP contribution in [0.25, 0.3) is 10.9 Å². The Hall–Kier alpha value is -3.21. The van der Waals surface area contributed by atoms with E-state index < -0.39 is 27.9 Å². The van der Waals surface area contributed by atoms with E-state index in [1.165, 1.54) is 10.6 Å². The van der Waals surface area contributed by atoms with Gasteiger partial charge in [0.05, 0.1) is 23.5 Å². The maximum Gasteiger partial charge on any atom is 0.419 e. The molecule has 36 heavy (non-hydrogen) atoms. The van der Waals surface area contributed by atoms with Gasteiger partial charge in [-0.3, -0.25) is 10.1 Å². The molecule has 192 valence electrons. The van der Waals surface area contributed by atoms with E-state index in [-0.39, 0.29) is 17.2 Å². The largest absolute Gasteiger partial charge is 0.443 e. The molecular formula is C26H31N3O6S. The molecule has 4 rings (SSSR count). The maximum atomic E-state index is 13.9. The van der Waals surface area contributed by atoms with Crippen molar-refractivity contribution in [3.05, 3.63) is 64.8 Å². The van der Waals surface area contributed by atoms with E-state index in [1.807, 2.05) is 43.3 Å². The Morgan fingerprint density at radius 2 is 1.83 bits per heavy atom. The molecule has 0 radical (unpaired) electrons. The molecule has 1 N–H and O–H groups in total. The number of rotatable bonds is 6. The summed E-state index contributed by atoms with van der Waals surface area (Å²) < 4.78 is 36.6. The first-order valence-electron chi connectivity index (χ1n) is 11.6. The van der Waals surface area contributed by atoms with E-state index >= 15 is 0 Å². The monoisotopic (exact) mass is 513 g/mol. The van der Waals surface area contributed by atoms with Crippen LogP contribution in [0.2, 0.25) is 0 Å². The molecule has 2 aromatic carbocycles. The lowest BCUT2D eigenvalue weighted by molar-refractivity contribution is 0.0534. The number of aromatic nitrogens is 1. The van der Waals surface area contributed by atoms with E-state index in [0.29, 0.717) is 29.6 Å². The Bertz CT molecular complexity index is 1450. The van der Waals surface area contributed by atoms with Crippen molar-refractivity contribution in [1.82, 2.24) is 14.8 Å². The molecule has 10 heteroatoms. The van der Waals surface area contributed by atoms with Crippen LogP contribution in [-0.4, -0.2) is 55.7 Å². The first-order valence-corrected chi connectivity index (χ1v) is 13.4. The SMILES string of the molecule is CN(C)Cc1ccc2c(cc(C(=O)C3NCc4ccccc43)n2C(=O)OC(C)(C)C)c1OS(C)(=O)=O. The Balaban J connectivity index is 1.95. The van der Waals surface area contributed by atoms with Crippen molar-refractivity contribution in [1.29, 1.82) is 0 Å². The molecule has 0 fully saturated rings. The van der Waals surface area contributed by atoms with Crippen LogP contribution in [0.1, 0.15) is 54.0 Å². The molecule has 1 aromatic heterocycles. The zero-order chi connectivity index (χ0) is 26.4. The fourth-order valence-corrected chi connectivity index (χ4v) is 4.88. The summed E-state index contributed by atoms with van der Waals surface area (Å²) >= 11 is 0. The topological polar surface area (TPSA) is 107 Å². The molecular weight excluding hydrogens is 482 g/mol. The van der Waals surface area contributed by atoms with Crippen LogP contribution in [0.3, 0.4) is 0 Å². The molecule has 1 atom stereocenters. The number of fused-ring (bicyclic) bond motifs is 2. The molecule has 0 aliphatic carbocycles. The summed E-state index contributed by atoms with van der Waals surface area (Å²) in [7, 11) is -0.205. The normalized spacial score (nSPS) is 15.8. The lowest BCUT2D eigenvalue weighted by Crippen LogP contribution is -2.31.